The highest BCUT2D eigenvalue weighted by atomic mass is 79.9. The van der Waals surface area contributed by atoms with Gasteiger partial charge in [0.1, 0.15) is 11.5 Å². The van der Waals surface area contributed by atoms with Crippen molar-refractivity contribution in [3.8, 4) is 11.5 Å². The molecule has 2 aromatic rings. The Hall–Kier alpha value is -0.990. The van der Waals surface area contributed by atoms with Crippen LogP contribution in [0.1, 0.15) is 11.1 Å². The number of benzene rings is 2. The van der Waals surface area contributed by atoms with Crippen molar-refractivity contribution in [1.29, 1.82) is 0 Å². The van der Waals surface area contributed by atoms with E-state index in [9.17, 15) is 0 Å². The third kappa shape index (κ3) is 3.24. The highest BCUT2D eigenvalue weighted by Gasteiger charge is 2.00. The maximum atomic E-state index is 5.96. The molecule has 0 atom stereocenters. The van der Waals surface area contributed by atoms with Crippen LogP contribution in [0.5, 0.6) is 11.5 Å². The first-order valence-electron chi connectivity index (χ1n) is 5.28. The van der Waals surface area contributed by atoms with Crippen molar-refractivity contribution < 1.29 is 4.74 Å². The fourth-order valence-electron chi connectivity index (χ4n) is 1.46. The van der Waals surface area contributed by atoms with Crippen LogP contribution in [0.2, 0.25) is 5.02 Å². The summed E-state index contributed by atoms with van der Waals surface area (Å²) < 4.78 is 5.74. The molecule has 0 aliphatic heterocycles. The number of aryl methyl sites for hydroxylation is 1. The molecule has 0 aromatic heterocycles. The van der Waals surface area contributed by atoms with Crippen LogP contribution >= 0.6 is 27.5 Å². The Kier molecular flexibility index (Phi) is 4.08. The third-order valence-corrected chi connectivity index (χ3v) is 3.51. The van der Waals surface area contributed by atoms with Crippen LogP contribution in [0.3, 0.4) is 0 Å². The molecule has 0 saturated heterocycles. The van der Waals surface area contributed by atoms with Gasteiger partial charge in [-0.15, -0.1) is 0 Å². The largest absolute Gasteiger partial charge is 0.457 e. The van der Waals surface area contributed by atoms with Crippen LogP contribution in [0, 0.1) is 6.92 Å². The van der Waals surface area contributed by atoms with E-state index in [1.165, 1.54) is 5.56 Å². The molecule has 17 heavy (non-hydrogen) atoms. The summed E-state index contributed by atoms with van der Waals surface area (Å²) >= 11 is 9.37. The lowest BCUT2D eigenvalue weighted by molar-refractivity contribution is 0.482. The topological polar surface area (TPSA) is 9.23 Å². The van der Waals surface area contributed by atoms with Gasteiger partial charge in [-0.2, -0.15) is 0 Å². The Morgan fingerprint density at radius 2 is 1.71 bits per heavy atom. The second-order valence-electron chi connectivity index (χ2n) is 3.79. The molecule has 0 radical (unpaired) electrons. The van der Waals surface area contributed by atoms with Crippen molar-refractivity contribution in [2.45, 2.75) is 12.3 Å². The summed E-state index contributed by atoms with van der Waals surface area (Å²) in [6.45, 7) is 1.96. The third-order valence-electron chi connectivity index (χ3n) is 2.44. The minimum atomic E-state index is 0.756. The Balaban J connectivity index is 2.16. The van der Waals surface area contributed by atoms with Gasteiger partial charge in [0.15, 0.2) is 0 Å². The molecular formula is C14H12BrClO. The highest BCUT2D eigenvalue weighted by Crippen LogP contribution is 2.26. The first kappa shape index (κ1) is 12.5. The summed E-state index contributed by atoms with van der Waals surface area (Å²) in [4.78, 5) is 0. The molecule has 0 saturated carbocycles. The van der Waals surface area contributed by atoms with E-state index >= 15 is 0 Å². The SMILES string of the molecule is Cc1cc(Oc2ccc(CBr)cc2)ccc1Cl. The fourth-order valence-corrected chi connectivity index (χ4v) is 1.95. The normalized spacial score (nSPS) is 10.3. The van der Waals surface area contributed by atoms with Crippen molar-refractivity contribution in [3.05, 3.63) is 58.6 Å². The lowest BCUT2D eigenvalue weighted by Crippen LogP contribution is -1.86. The first-order chi connectivity index (χ1) is 8.19. The van der Waals surface area contributed by atoms with Crippen molar-refractivity contribution in [2.24, 2.45) is 0 Å². The van der Waals surface area contributed by atoms with Gasteiger partial charge in [-0.3, -0.25) is 0 Å². The van der Waals surface area contributed by atoms with Crippen LogP contribution in [-0.4, -0.2) is 0 Å². The van der Waals surface area contributed by atoms with Gasteiger partial charge in [0.2, 0.25) is 0 Å². The maximum absolute atomic E-state index is 5.96. The second kappa shape index (κ2) is 5.56. The van der Waals surface area contributed by atoms with E-state index in [4.69, 9.17) is 16.3 Å². The van der Waals surface area contributed by atoms with Crippen LogP contribution in [-0.2, 0) is 5.33 Å². The molecule has 0 heterocycles. The molecule has 2 rings (SSSR count). The standard InChI is InChI=1S/C14H12BrClO/c1-10-8-13(6-7-14(10)16)17-12-4-2-11(9-15)3-5-12/h2-8H,9H2,1H3. The molecule has 0 amide bonds. The average molecular weight is 312 g/mol. The Morgan fingerprint density at radius 1 is 1.06 bits per heavy atom. The van der Waals surface area contributed by atoms with Gasteiger partial charge in [-0.05, 0) is 48.4 Å². The molecule has 88 valence electrons. The fraction of sp³-hybridized carbons (Fsp3) is 0.143. The molecule has 0 bridgehead atoms. The van der Waals surface area contributed by atoms with Gasteiger partial charge < -0.3 is 4.74 Å². The van der Waals surface area contributed by atoms with Crippen molar-refractivity contribution in [2.75, 3.05) is 0 Å². The summed E-state index contributed by atoms with van der Waals surface area (Å²) in [7, 11) is 0. The number of alkyl halides is 1. The molecule has 1 nitrogen and oxygen atoms in total. The zero-order valence-electron chi connectivity index (χ0n) is 9.41. The summed E-state index contributed by atoms with van der Waals surface area (Å²) in [6, 6.07) is 13.6. The van der Waals surface area contributed by atoms with Gasteiger partial charge in [0, 0.05) is 10.4 Å². The van der Waals surface area contributed by atoms with Crippen molar-refractivity contribution in [3.63, 3.8) is 0 Å². The Labute approximate surface area is 115 Å². The van der Waals surface area contributed by atoms with Gasteiger partial charge in [-0.25, -0.2) is 0 Å². The van der Waals surface area contributed by atoms with Crippen LogP contribution in [0.25, 0.3) is 0 Å². The summed E-state index contributed by atoms with van der Waals surface area (Å²) in [5, 5.41) is 1.61. The number of hydrogen-bond acceptors (Lipinski definition) is 1. The molecule has 0 N–H and O–H groups in total. The van der Waals surface area contributed by atoms with E-state index in [-0.39, 0.29) is 0 Å². The van der Waals surface area contributed by atoms with Crippen molar-refractivity contribution >= 4 is 27.5 Å². The monoisotopic (exact) mass is 310 g/mol. The first-order valence-corrected chi connectivity index (χ1v) is 6.78. The van der Waals surface area contributed by atoms with E-state index in [1.54, 1.807) is 0 Å². The lowest BCUT2D eigenvalue weighted by Gasteiger charge is -2.07. The smallest absolute Gasteiger partial charge is 0.127 e. The zero-order valence-corrected chi connectivity index (χ0v) is 11.8. The predicted molar refractivity (Wildman–Crippen MR) is 75.3 cm³/mol. The molecular weight excluding hydrogens is 300 g/mol. The van der Waals surface area contributed by atoms with Crippen molar-refractivity contribution in [1.82, 2.24) is 0 Å². The number of ether oxygens (including phenoxy) is 1. The minimum absolute atomic E-state index is 0.756. The predicted octanol–water partition coefficient (Wildman–Crippen LogP) is 5.34. The Morgan fingerprint density at radius 3 is 2.29 bits per heavy atom. The van der Waals surface area contributed by atoms with Gasteiger partial charge in [0.25, 0.3) is 0 Å². The molecule has 0 fully saturated rings. The van der Waals surface area contributed by atoms with Gasteiger partial charge in [0.05, 0.1) is 0 Å². The minimum Gasteiger partial charge on any atom is -0.457 e. The van der Waals surface area contributed by atoms with E-state index in [0.717, 1.165) is 27.4 Å². The number of hydrogen-bond donors (Lipinski definition) is 0. The Bertz CT molecular complexity index is 508. The summed E-state index contributed by atoms with van der Waals surface area (Å²) in [5.41, 5.74) is 2.24. The number of rotatable bonds is 3. The van der Waals surface area contributed by atoms with E-state index in [2.05, 4.69) is 15.9 Å². The quantitative estimate of drug-likeness (QED) is 0.696. The van der Waals surface area contributed by atoms with Gasteiger partial charge in [-0.1, -0.05) is 39.7 Å². The average Bonchev–Trinajstić information content (AvgIpc) is 2.35. The summed E-state index contributed by atoms with van der Waals surface area (Å²) in [6.07, 6.45) is 0. The number of halogens is 2. The van der Waals surface area contributed by atoms with Crippen LogP contribution < -0.4 is 4.74 Å². The van der Waals surface area contributed by atoms with E-state index in [0.29, 0.717) is 0 Å². The summed E-state index contributed by atoms with van der Waals surface area (Å²) in [5.74, 6) is 1.63. The maximum Gasteiger partial charge on any atom is 0.127 e. The molecule has 0 unspecified atom stereocenters. The molecule has 0 aliphatic carbocycles. The molecule has 0 aliphatic rings. The molecule has 2 aromatic carbocycles. The molecule has 3 heteroatoms. The molecule has 0 spiro atoms. The van der Waals surface area contributed by atoms with Gasteiger partial charge >= 0.3 is 0 Å². The van der Waals surface area contributed by atoms with E-state index < -0.39 is 0 Å². The van der Waals surface area contributed by atoms with Crippen LogP contribution in [0.15, 0.2) is 42.5 Å². The van der Waals surface area contributed by atoms with E-state index in [1.807, 2.05) is 49.4 Å². The zero-order chi connectivity index (χ0) is 12.3. The lowest BCUT2D eigenvalue weighted by atomic mass is 10.2. The second-order valence-corrected chi connectivity index (χ2v) is 4.76. The highest BCUT2D eigenvalue weighted by molar-refractivity contribution is 9.08. The van der Waals surface area contributed by atoms with Crippen LogP contribution in [0.4, 0.5) is 0 Å².